The average molecular weight is 456 g/mol. The molecule has 2 amide bonds. The van der Waals surface area contributed by atoms with E-state index in [0.717, 1.165) is 24.1 Å². The summed E-state index contributed by atoms with van der Waals surface area (Å²) in [5.74, 6) is -1.07. The molecule has 12 heteroatoms. The van der Waals surface area contributed by atoms with Gasteiger partial charge in [-0.25, -0.2) is 13.1 Å². The van der Waals surface area contributed by atoms with Crippen molar-refractivity contribution in [1.82, 2.24) is 35.4 Å². The number of tetrazole rings is 1. The molecule has 0 radical (unpaired) electrons. The van der Waals surface area contributed by atoms with Crippen LogP contribution < -0.4 is 10.9 Å². The first-order valence-electron chi connectivity index (χ1n) is 9.91. The fraction of sp³-hybridized carbons (Fsp3) is 0.250. The Balaban J connectivity index is 1.38. The fourth-order valence-corrected chi connectivity index (χ4v) is 4.96. The number of carbonyl (C=O) groups is 2. The van der Waals surface area contributed by atoms with E-state index >= 15 is 0 Å². The van der Waals surface area contributed by atoms with E-state index in [1.165, 1.54) is 39.6 Å². The van der Waals surface area contributed by atoms with Crippen LogP contribution in [-0.2, 0) is 10.0 Å². The van der Waals surface area contributed by atoms with Gasteiger partial charge >= 0.3 is 0 Å². The average Bonchev–Trinajstić information content (AvgIpc) is 3.52. The maximum atomic E-state index is 12.6. The van der Waals surface area contributed by atoms with Gasteiger partial charge in [0.25, 0.3) is 11.8 Å². The molecular formula is C20H21N7O4S. The molecule has 0 spiro atoms. The summed E-state index contributed by atoms with van der Waals surface area (Å²) in [7, 11) is -3.55. The minimum atomic E-state index is -3.55. The molecule has 32 heavy (non-hydrogen) atoms. The van der Waals surface area contributed by atoms with Crippen molar-refractivity contribution < 1.29 is 18.0 Å². The summed E-state index contributed by atoms with van der Waals surface area (Å²) in [5, 5.41) is 11.0. The van der Waals surface area contributed by atoms with Gasteiger partial charge in [-0.05, 0) is 78.2 Å². The molecule has 0 aliphatic carbocycles. The van der Waals surface area contributed by atoms with Gasteiger partial charge in [-0.1, -0.05) is 0 Å². The third-order valence-electron chi connectivity index (χ3n) is 5.16. The van der Waals surface area contributed by atoms with Crippen LogP contribution in [0, 0.1) is 6.92 Å². The van der Waals surface area contributed by atoms with Crippen molar-refractivity contribution in [3.63, 3.8) is 0 Å². The van der Waals surface area contributed by atoms with Crippen molar-refractivity contribution in [2.24, 2.45) is 0 Å². The quantitative estimate of drug-likeness (QED) is 0.543. The van der Waals surface area contributed by atoms with Crippen LogP contribution in [0.5, 0.6) is 0 Å². The molecule has 3 aromatic rings. The largest absolute Gasteiger partial charge is 0.269 e. The number of nitrogens with one attached hydrogen (secondary N) is 2. The number of nitrogens with zero attached hydrogens (tertiary/aromatic N) is 5. The van der Waals surface area contributed by atoms with E-state index in [1.807, 2.05) is 6.92 Å². The highest BCUT2D eigenvalue weighted by molar-refractivity contribution is 7.89. The fourth-order valence-electron chi connectivity index (χ4n) is 3.44. The van der Waals surface area contributed by atoms with E-state index in [-0.39, 0.29) is 10.5 Å². The van der Waals surface area contributed by atoms with Crippen LogP contribution in [-0.4, -0.2) is 57.8 Å². The Labute approximate surface area is 184 Å². The van der Waals surface area contributed by atoms with Gasteiger partial charge in [0.1, 0.15) is 6.33 Å². The predicted octanol–water partition coefficient (Wildman–Crippen LogP) is 0.830. The minimum Gasteiger partial charge on any atom is -0.267 e. The molecule has 11 nitrogen and oxygen atoms in total. The molecule has 1 fully saturated rings. The molecule has 0 unspecified atom stereocenters. The Hall–Kier alpha value is -3.64. The van der Waals surface area contributed by atoms with Gasteiger partial charge in [-0.3, -0.25) is 20.4 Å². The van der Waals surface area contributed by atoms with Crippen molar-refractivity contribution in [2.75, 3.05) is 13.1 Å². The minimum absolute atomic E-state index is 0.137. The summed E-state index contributed by atoms with van der Waals surface area (Å²) in [6, 6.07) is 10.5. The first-order chi connectivity index (χ1) is 15.4. The molecule has 2 aromatic carbocycles. The highest BCUT2D eigenvalue weighted by Gasteiger charge is 2.27. The smallest absolute Gasteiger partial charge is 0.267 e. The van der Waals surface area contributed by atoms with Crippen molar-refractivity contribution in [3.8, 4) is 5.69 Å². The Morgan fingerprint density at radius 2 is 1.56 bits per heavy atom. The van der Waals surface area contributed by atoms with Crippen LogP contribution in [0.2, 0.25) is 0 Å². The van der Waals surface area contributed by atoms with Crippen LogP contribution >= 0.6 is 0 Å². The van der Waals surface area contributed by atoms with E-state index in [0.29, 0.717) is 18.7 Å². The summed E-state index contributed by atoms with van der Waals surface area (Å²) >= 11 is 0. The van der Waals surface area contributed by atoms with Crippen molar-refractivity contribution >= 4 is 21.8 Å². The van der Waals surface area contributed by atoms with Gasteiger partial charge in [0.2, 0.25) is 10.0 Å². The van der Waals surface area contributed by atoms with E-state index in [9.17, 15) is 18.0 Å². The summed E-state index contributed by atoms with van der Waals surface area (Å²) in [6.07, 6.45) is 3.14. The van der Waals surface area contributed by atoms with E-state index in [4.69, 9.17) is 0 Å². The highest BCUT2D eigenvalue weighted by atomic mass is 32.2. The molecule has 0 atom stereocenters. The van der Waals surface area contributed by atoms with Gasteiger partial charge in [-0.15, -0.1) is 5.10 Å². The van der Waals surface area contributed by atoms with Gasteiger partial charge < -0.3 is 0 Å². The van der Waals surface area contributed by atoms with Crippen LogP contribution in [0.4, 0.5) is 0 Å². The highest BCUT2D eigenvalue weighted by Crippen LogP contribution is 2.21. The summed E-state index contributed by atoms with van der Waals surface area (Å²) in [4.78, 5) is 24.9. The third kappa shape index (κ3) is 4.36. The second-order valence-electron chi connectivity index (χ2n) is 7.30. The lowest BCUT2D eigenvalue weighted by molar-refractivity contribution is 0.0846. The van der Waals surface area contributed by atoms with Crippen LogP contribution in [0.3, 0.4) is 0 Å². The van der Waals surface area contributed by atoms with Gasteiger partial charge in [0.05, 0.1) is 10.6 Å². The summed E-state index contributed by atoms with van der Waals surface area (Å²) in [6.45, 7) is 2.82. The lowest BCUT2D eigenvalue weighted by atomic mass is 10.1. The van der Waals surface area contributed by atoms with Crippen LogP contribution in [0.15, 0.2) is 53.7 Å². The van der Waals surface area contributed by atoms with Crippen molar-refractivity contribution in [1.29, 1.82) is 0 Å². The molecule has 2 heterocycles. The molecule has 2 N–H and O–H groups in total. The molecule has 166 valence electrons. The topological polar surface area (TPSA) is 139 Å². The van der Waals surface area contributed by atoms with Gasteiger partial charge in [0, 0.05) is 24.2 Å². The number of amides is 2. The number of aryl methyl sites for hydroxylation is 1. The molecule has 4 rings (SSSR count). The number of rotatable bonds is 5. The van der Waals surface area contributed by atoms with Crippen LogP contribution in [0.25, 0.3) is 5.69 Å². The monoisotopic (exact) mass is 455 g/mol. The molecular weight excluding hydrogens is 434 g/mol. The SMILES string of the molecule is Cc1cc(C(=O)NNC(=O)c2ccc(S(=O)(=O)N3CCCC3)cc2)ccc1-n1cnnn1. The third-order valence-corrected chi connectivity index (χ3v) is 7.08. The number of carbonyl (C=O) groups excluding carboxylic acids is 2. The Bertz CT molecular complexity index is 1240. The first kappa shape index (κ1) is 21.6. The molecule has 1 saturated heterocycles. The number of benzene rings is 2. The number of sulfonamides is 1. The first-order valence-corrected chi connectivity index (χ1v) is 11.4. The second-order valence-corrected chi connectivity index (χ2v) is 9.24. The summed E-state index contributed by atoms with van der Waals surface area (Å²) < 4.78 is 28.1. The number of aromatic nitrogens is 4. The molecule has 1 aliphatic rings. The predicted molar refractivity (Wildman–Crippen MR) is 113 cm³/mol. The van der Waals surface area contributed by atoms with Crippen molar-refractivity contribution in [2.45, 2.75) is 24.7 Å². The van der Waals surface area contributed by atoms with E-state index < -0.39 is 21.8 Å². The number of hydrogen-bond donors (Lipinski definition) is 2. The lowest BCUT2D eigenvalue weighted by Gasteiger charge is -2.15. The number of hydrogen-bond acceptors (Lipinski definition) is 7. The maximum absolute atomic E-state index is 12.6. The van der Waals surface area contributed by atoms with E-state index in [2.05, 4.69) is 26.4 Å². The zero-order valence-electron chi connectivity index (χ0n) is 17.2. The summed E-state index contributed by atoms with van der Waals surface area (Å²) in [5.41, 5.74) is 6.74. The Kier molecular flexibility index (Phi) is 5.97. The van der Waals surface area contributed by atoms with Gasteiger partial charge in [-0.2, -0.15) is 4.31 Å². The maximum Gasteiger partial charge on any atom is 0.269 e. The Morgan fingerprint density at radius 1 is 0.938 bits per heavy atom. The van der Waals surface area contributed by atoms with E-state index in [1.54, 1.807) is 18.2 Å². The lowest BCUT2D eigenvalue weighted by Crippen LogP contribution is -2.41. The van der Waals surface area contributed by atoms with Gasteiger partial charge in [0.15, 0.2) is 0 Å². The van der Waals surface area contributed by atoms with Crippen LogP contribution in [0.1, 0.15) is 39.1 Å². The standard InChI is InChI=1S/C20H21N7O4S/c1-14-12-16(6-9-18(14)27-13-21-24-25-27)20(29)23-22-19(28)15-4-7-17(8-5-15)32(30,31)26-10-2-3-11-26/h4-9,12-13H,2-3,10-11H2,1H3,(H,22,28)(H,23,29). The second kappa shape index (κ2) is 8.85. The normalized spacial score (nSPS) is 14.3. The van der Waals surface area contributed by atoms with Crippen molar-refractivity contribution in [3.05, 3.63) is 65.5 Å². The molecule has 0 bridgehead atoms. The molecule has 1 aromatic heterocycles. The molecule has 1 aliphatic heterocycles. The Morgan fingerprint density at radius 3 is 2.16 bits per heavy atom. The zero-order valence-corrected chi connectivity index (χ0v) is 18.0. The molecule has 0 saturated carbocycles. The zero-order chi connectivity index (χ0) is 22.7. The number of hydrazine groups is 1.